The third-order valence-electron chi connectivity index (χ3n) is 5.64. The molecule has 3 heterocycles. The van der Waals surface area contributed by atoms with Crippen LogP contribution in [0.25, 0.3) is 10.2 Å². The van der Waals surface area contributed by atoms with Gasteiger partial charge >= 0.3 is 0 Å². The molecule has 3 aliphatic rings. The number of aromatic amines is 1. The maximum absolute atomic E-state index is 11.5. The summed E-state index contributed by atoms with van der Waals surface area (Å²) in [6, 6.07) is 0.891. The third kappa shape index (κ3) is 6.10. The van der Waals surface area contributed by atoms with Crippen LogP contribution in [0.4, 0.5) is 0 Å². The van der Waals surface area contributed by atoms with Gasteiger partial charge in [0.05, 0.1) is 24.9 Å². The molecule has 2 aromatic rings. The summed E-state index contributed by atoms with van der Waals surface area (Å²) in [5.41, 5.74) is 5.73. The number of nitrogens with zero attached hydrogens (tertiary/aromatic N) is 2. The summed E-state index contributed by atoms with van der Waals surface area (Å²) in [7, 11) is 0. The van der Waals surface area contributed by atoms with E-state index >= 15 is 0 Å². The summed E-state index contributed by atoms with van der Waals surface area (Å²) in [6.45, 7) is 5.56. The van der Waals surface area contributed by atoms with E-state index in [9.17, 15) is 9.59 Å². The van der Waals surface area contributed by atoms with E-state index in [-0.39, 0.29) is 11.5 Å². The zero-order chi connectivity index (χ0) is 20.6. The molecule has 0 unspecified atom stereocenters. The fourth-order valence-electron chi connectivity index (χ4n) is 4.33. The Morgan fingerprint density at radius 2 is 1.90 bits per heavy atom. The molecule has 2 aliphatic carbocycles. The quantitative estimate of drug-likeness (QED) is 0.738. The second kappa shape index (κ2) is 10.8. The average Bonchev–Trinajstić information content (AvgIpc) is 3.31. The van der Waals surface area contributed by atoms with Gasteiger partial charge in [-0.2, -0.15) is 0 Å². The Balaban J connectivity index is 0.000000141. The van der Waals surface area contributed by atoms with Gasteiger partial charge in [0, 0.05) is 30.9 Å². The minimum atomic E-state index is -0.333. The lowest BCUT2D eigenvalue weighted by Gasteiger charge is -2.36. The van der Waals surface area contributed by atoms with Crippen molar-refractivity contribution in [3.8, 4) is 0 Å². The minimum Gasteiger partial charge on any atom is -0.379 e. The Labute approximate surface area is 175 Å². The molecule has 8 heteroatoms. The van der Waals surface area contributed by atoms with Gasteiger partial charge in [-0.05, 0) is 37.7 Å². The standard InChI is InChI=1S/C10H19NO.C9H8N2OS.C2H5NO/c1-2-4-10(5-3-1)11-6-8-12-9-7-11;12-8-7-5-2-1-3-6(5)13-9(7)11-4-10-8;1-2(3)4/h10H,1-9H2;4H,1-3H2,(H,10,11,12);1H3,(H2,3,4). The fourth-order valence-corrected chi connectivity index (χ4v) is 5.56. The molecule has 0 bridgehead atoms. The van der Waals surface area contributed by atoms with Crippen molar-refractivity contribution in [1.82, 2.24) is 14.9 Å². The van der Waals surface area contributed by atoms with Gasteiger partial charge in [0.15, 0.2) is 0 Å². The van der Waals surface area contributed by atoms with Crippen LogP contribution in [-0.4, -0.2) is 53.1 Å². The maximum atomic E-state index is 11.5. The summed E-state index contributed by atoms with van der Waals surface area (Å²) in [4.78, 5) is 32.4. The molecule has 1 saturated carbocycles. The molecule has 0 spiro atoms. The number of ether oxygens (including phenoxy) is 1. The molecule has 160 valence electrons. The smallest absolute Gasteiger partial charge is 0.259 e. The molecule has 29 heavy (non-hydrogen) atoms. The van der Waals surface area contributed by atoms with Gasteiger partial charge in [-0.1, -0.05) is 19.3 Å². The molecular formula is C21H32N4O3S. The molecule has 7 nitrogen and oxygen atoms in total. The van der Waals surface area contributed by atoms with Crippen molar-refractivity contribution < 1.29 is 9.53 Å². The second-order valence-corrected chi connectivity index (χ2v) is 8.90. The number of hydrogen-bond donors (Lipinski definition) is 2. The number of amides is 1. The van der Waals surface area contributed by atoms with Crippen molar-refractivity contribution in [3.63, 3.8) is 0 Å². The second-order valence-electron chi connectivity index (χ2n) is 7.82. The molecule has 2 aromatic heterocycles. The van der Waals surface area contributed by atoms with Crippen molar-refractivity contribution in [1.29, 1.82) is 0 Å². The van der Waals surface area contributed by atoms with E-state index in [4.69, 9.17) is 4.74 Å². The Hall–Kier alpha value is -1.77. The van der Waals surface area contributed by atoms with Gasteiger partial charge in [0.1, 0.15) is 4.83 Å². The number of thiophene rings is 1. The molecule has 0 aromatic carbocycles. The predicted octanol–water partition coefficient (Wildman–Crippen LogP) is 2.62. The number of nitrogens with two attached hydrogens (primary N) is 1. The number of primary amides is 1. The molecule has 1 saturated heterocycles. The SMILES string of the molecule is C1CCC(N2CCOCC2)CC1.CC(N)=O.O=c1[nH]cnc2sc3c(c12)CCC3. The van der Waals surface area contributed by atoms with Gasteiger partial charge in [-0.15, -0.1) is 11.3 Å². The molecular weight excluding hydrogens is 388 g/mol. The van der Waals surface area contributed by atoms with Gasteiger partial charge < -0.3 is 15.5 Å². The van der Waals surface area contributed by atoms with E-state index in [1.165, 1.54) is 75.3 Å². The van der Waals surface area contributed by atoms with Gasteiger partial charge in [0.25, 0.3) is 5.56 Å². The highest BCUT2D eigenvalue weighted by atomic mass is 32.1. The monoisotopic (exact) mass is 420 g/mol. The number of carbonyl (C=O) groups excluding carboxylic acids is 1. The summed E-state index contributed by atoms with van der Waals surface area (Å²) in [5, 5.41) is 0.833. The zero-order valence-electron chi connectivity index (χ0n) is 17.2. The number of aromatic nitrogens is 2. The van der Waals surface area contributed by atoms with Crippen LogP contribution in [0.1, 0.15) is 55.9 Å². The van der Waals surface area contributed by atoms with Crippen LogP contribution < -0.4 is 11.3 Å². The lowest BCUT2D eigenvalue weighted by Crippen LogP contribution is -2.44. The van der Waals surface area contributed by atoms with Crippen LogP contribution >= 0.6 is 11.3 Å². The van der Waals surface area contributed by atoms with Crippen LogP contribution in [0.15, 0.2) is 11.1 Å². The van der Waals surface area contributed by atoms with E-state index in [1.807, 2.05) is 0 Å². The number of fused-ring (bicyclic) bond motifs is 3. The van der Waals surface area contributed by atoms with Gasteiger partial charge in [-0.25, -0.2) is 4.98 Å². The van der Waals surface area contributed by atoms with Crippen molar-refractivity contribution >= 4 is 27.5 Å². The summed E-state index contributed by atoms with van der Waals surface area (Å²) < 4.78 is 5.35. The number of rotatable bonds is 1. The first-order valence-electron chi connectivity index (χ1n) is 10.6. The summed E-state index contributed by atoms with van der Waals surface area (Å²) in [6.07, 6.45) is 12.0. The molecule has 3 N–H and O–H groups in total. The normalized spacial score (nSPS) is 19.6. The van der Waals surface area contributed by atoms with E-state index < -0.39 is 0 Å². The molecule has 0 atom stereocenters. The van der Waals surface area contributed by atoms with Gasteiger partial charge in [-0.3, -0.25) is 14.5 Å². The first-order chi connectivity index (χ1) is 14.1. The molecule has 1 aliphatic heterocycles. The van der Waals surface area contributed by atoms with Crippen LogP contribution in [0.5, 0.6) is 0 Å². The topological polar surface area (TPSA) is 101 Å². The van der Waals surface area contributed by atoms with Crippen LogP contribution in [-0.2, 0) is 22.4 Å². The highest BCUT2D eigenvalue weighted by Crippen LogP contribution is 2.33. The van der Waals surface area contributed by atoms with Crippen LogP contribution in [0.3, 0.4) is 0 Å². The minimum absolute atomic E-state index is 0.0180. The number of carbonyl (C=O) groups is 1. The first-order valence-corrected chi connectivity index (χ1v) is 11.4. The Morgan fingerprint density at radius 3 is 2.59 bits per heavy atom. The van der Waals surface area contributed by atoms with Crippen molar-refractivity contribution in [2.45, 2.75) is 64.3 Å². The number of morpholine rings is 1. The van der Waals surface area contributed by atoms with E-state index in [0.29, 0.717) is 0 Å². The van der Waals surface area contributed by atoms with E-state index in [1.54, 1.807) is 11.3 Å². The van der Waals surface area contributed by atoms with Crippen LogP contribution in [0, 0.1) is 0 Å². The largest absolute Gasteiger partial charge is 0.379 e. The maximum Gasteiger partial charge on any atom is 0.259 e. The number of hydrogen-bond acceptors (Lipinski definition) is 6. The third-order valence-corrected chi connectivity index (χ3v) is 6.84. The zero-order valence-corrected chi connectivity index (χ0v) is 18.1. The number of nitrogens with one attached hydrogen (secondary N) is 1. The summed E-state index contributed by atoms with van der Waals surface area (Å²) >= 11 is 1.67. The fraction of sp³-hybridized carbons (Fsp3) is 0.667. The van der Waals surface area contributed by atoms with E-state index in [0.717, 1.165) is 42.3 Å². The molecule has 0 radical (unpaired) electrons. The highest BCUT2D eigenvalue weighted by Gasteiger charge is 2.22. The summed E-state index contributed by atoms with van der Waals surface area (Å²) in [5.74, 6) is -0.333. The molecule has 2 fully saturated rings. The van der Waals surface area contributed by atoms with Crippen molar-refractivity contribution in [3.05, 3.63) is 27.1 Å². The van der Waals surface area contributed by atoms with Crippen molar-refractivity contribution in [2.24, 2.45) is 5.73 Å². The number of H-pyrrole nitrogens is 1. The van der Waals surface area contributed by atoms with Crippen LogP contribution in [0.2, 0.25) is 0 Å². The Morgan fingerprint density at radius 1 is 1.21 bits per heavy atom. The number of aryl methyl sites for hydroxylation is 2. The lowest BCUT2D eigenvalue weighted by molar-refractivity contribution is -0.115. The Bertz CT molecular complexity index is 831. The lowest BCUT2D eigenvalue weighted by atomic mass is 9.94. The highest BCUT2D eigenvalue weighted by molar-refractivity contribution is 7.18. The average molecular weight is 421 g/mol. The predicted molar refractivity (Wildman–Crippen MR) is 116 cm³/mol. The van der Waals surface area contributed by atoms with E-state index in [2.05, 4.69) is 20.6 Å². The first kappa shape index (κ1) is 21.9. The molecule has 1 amide bonds. The van der Waals surface area contributed by atoms with Gasteiger partial charge in [0.2, 0.25) is 5.91 Å². The van der Waals surface area contributed by atoms with Crippen molar-refractivity contribution in [2.75, 3.05) is 26.3 Å². The molecule has 5 rings (SSSR count). The Kier molecular flexibility index (Phi) is 8.20.